The van der Waals surface area contributed by atoms with Crippen LogP contribution in [0.1, 0.15) is 42.9 Å². The third-order valence-electron chi connectivity index (χ3n) is 4.43. The summed E-state index contributed by atoms with van der Waals surface area (Å²) in [6, 6.07) is 8.49. The van der Waals surface area contributed by atoms with E-state index >= 15 is 0 Å². The van der Waals surface area contributed by atoms with Crippen LogP contribution in [-0.2, 0) is 9.59 Å². The summed E-state index contributed by atoms with van der Waals surface area (Å²) in [5.74, 6) is -0.0597. The van der Waals surface area contributed by atoms with Crippen molar-refractivity contribution in [3.63, 3.8) is 0 Å². The lowest BCUT2D eigenvalue weighted by atomic mass is 10.0. The number of carbonyl (C=O) groups is 2. The van der Waals surface area contributed by atoms with Crippen LogP contribution in [0.4, 0.5) is 0 Å². The minimum atomic E-state index is -0.0342. The van der Waals surface area contributed by atoms with Gasteiger partial charge in [-0.05, 0) is 25.3 Å². The Morgan fingerprint density at radius 3 is 2.64 bits per heavy atom. The van der Waals surface area contributed by atoms with Gasteiger partial charge in [-0.2, -0.15) is 5.10 Å². The lowest BCUT2D eigenvalue weighted by Gasteiger charge is -2.27. The smallest absolute Gasteiger partial charge is 0.270 e. The summed E-state index contributed by atoms with van der Waals surface area (Å²) in [5, 5.41) is 5.44. The molecule has 0 radical (unpaired) electrons. The zero-order valence-electron chi connectivity index (χ0n) is 13.1. The molecule has 3 rings (SSSR count). The summed E-state index contributed by atoms with van der Waals surface area (Å²) >= 11 is 0. The van der Waals surface area contributed by atoms with Crippen LogP contribution in [-0.4, -0.2) is 41.0 Å². The topological polar surface area (TPSA) is 53.0 Å². The largest absolute Gasteiger partial charge is 0.331 e. The molecule has 5 heteroatoms. The standard InChI is InChI=1S/C17H21N3O2/c1-12-5-7-13(8-6-12)15-4-3-11-20(15)17(22)14-9-10-16(21)19(2)18-14/h5-8,15H,3-4,9-11H2,1-2H3/t15-/m0/s1. The molecule has 0 N–H and O–H groups in total. The van der Waals surface area contributed by atoms with Gasteiger partial charge in [-0.25, -0.2) is 5.01 Å². The maximum atomic E-state index is 12.8. The molecule has 116 valence electrons. The van der Waals surface area contributed by atoms with E-state index in [4.69, 9.17) is 0 Å². The Morgan fingerprint density at radius 2 is 1.95 bits per heavy atom. The average molecular weight is 299 g/mol. The molecule has 0 bridgehead atoms. The Balaban J connectivity index is 1.81. The minimum Gasteiger partial charge on any atom is -0.331 e. The van der Waals surface area contributed by atoms with E-state index in [9.17, 15) is 9.59 Å². The summed E-state index contributed by atoms with van der Waals surface area (Å²) in [5.41, 5.74) is 2.90. The molecule has 0 aromatic heterocycles. The second-order valence-corrected chi connectivity index (χ2v) is 6.03. The van der Waals surface area contributed by atoms with Gasteiger partial charge in [-0.3, -0.25) is 9.59 Å². The molecule has 0 unspecified atom stereocenters. The average Bonchev–Trinajstić information content (AvgIpc) is 2.99. The SMILES string of the molecule is Cc1ccc([C@@H]2CCCN2C(=O)C2=NN(C)C(=O)CC2)cc1. The second kappa shape index (κ2) is 5.91. The fourth-order valence-electron chi connectivity index (χ4n) is 3.13. The molecule has 1 aromatic carbocycles. The lowest BCUT2D eigenvalue weighted by molar-refractivity contribution is -0.130. The van der Waals surface area contributed by atoms with Crippen LogP contribution in [0.2, 0.25) is 0 Å². The van der Waals surface area contributed by atoms with E-state index in [0.717, 1.165) is 19.4 Å². The van der Waals surface area contributed by atoms with E-state index in [0.29, 0.717) is 18.6 Å². The molecule has 1 fully saturated rings. The summed E-state index contributed by atoms with van der Waals surface area (Å²) in [6.07, 6.45) is 2.80. The Morgan fingerprint density at radius 1 is 1.23 bits per heavy atom. The van der Waals surface area contributed by atoms with Gasteiger partial charge in [0.25, 0.3) is 5.91 Å². The van der Waals surface area contributed by atoms with Gasteiger partial charge in [0.05, 0.1) is 6.04 Å². The molecule has 1 atom stereocenters. The van der Waals surface area contributed by atoms with Crippen LogP contribution in [0.25, 0.3) is 0 Å². The molecule has 2 aliphatic rings. The molecule has 0 aliphatic carbocycles. The molecule has 5 nitrogen and oxygen atoms in total. The Kier molecular flexibility index (Phi) is 3.96. The van der Waals surface area contributed by atoms with Crippen molar-refractivity contribution < 1.29 is 9.59 Å². The first-order valence-electron chi connectivity index (χ1n) is 7.78. The van der Waals surface area contributed by atoms with Crippen molar-refractivity contribution in [2.75, 3.05) is 13.6 Å². The molecular weight excluding hydrogens is 278 g/mol. The van der Waals surface area contributed by atoms with Crippen molar-refractivity contribution in [3.05, 3.63) is 35.4 Å². The van der Waals surface area contributed by atoms with Gasteiger partial charge in [0.15, 0.2) is 0 Å². The Hall–Kier alpha value is -2.17. The zero-order valence-corrected chi connectivity index (χ0v) is 13.1. The molecule has 2 amide bonds. The van der Waals surface area contributed by atoms with Gasteiger partial charge >= 0.3 is 0 Å². The molecule has 2 aliphatic heterocycles. The second-order valence-electron chi connectivity index (χ2n) is 6.03. The number of benzene rings is 1. The number of hydrogen-bond donors (Lipinski definition) is 0. The van der Waals surface area contributed by atoms with E-state index in [1.807, 2.05) is 4.90 Å². The summed E-state index contributed by atoms with van der Waals surface area (Å²) in [6.45, 7) is 2.82. The molecule has 0 saturated carbocycles. The number of rotatable bonds is 2. The fraction of sp³-hybridized carbons (Fsp3) is 0.471. The highest BCUT2D eigenvalue weighted by Crippen LogP contribution is 2.32. The number of amides is 2. The number of hydrogen-bond acceptors (Lipinski definition) is 3. The number of hydrazone groups is 1. The first-order chi connectivity index (χ1) is 10.6. The highest BCUT2D eigenvalue weighted by atomic mass is 16.2. The molecular formula is C17H21N3O2. The van der Waals surface area contributed by atoms with Crippen LogP contribution >= 0.6 is 0 Å². The minimum absolute atomic E-state index is 0.0255. The van der Waals surface area contributed by atoms with Crippen LogP contribution in [0.5, 0.6) is 0 Å². The Labute approximate surface area is 130 Å². The van der Waals surface area contributed by atoms with Crippen LogP contribution in [0.3, 0.4) is 0 Å². The maximum absolute atomic E-state index is 12.8. The first-order valence-corrected chi connectivity index (χ1v) is 7.78. The van der Waals surface area contributed by atoms with Crippen molar-refractivity contribution in [1.82, 2.24) is 9.91 Å². The summed E-state index contributed by atoms with van der Waals surface area (Å²) in [7, 11) is 1.61. The van der Waals surface area contributed by atoms with Crippen LogP contribution in [0.15, 0.2) is 29.4 Å². The van der Waals surface area contributed by atoms with Gasteiger partial charge < -0.3 is 4.90 Å². The normalized spacial score (nSPS) is 22.0. The van der Waals surface area contributed by atoms with Crippen molar-refractivity contribution >= 4 is 17.5 Å². The van der Waals surface area contributed by atoms with E-state index in [-0.39, 0.29) is 17.9 Å². The number of nitrogens with zero attached hydrogens (tertiary/aromatic N) is 3. The predicted octanol–water partition coefficient (Wildman–Crippen LogP) is 2.27. The van der Waals surface area contributed by atoms with Gasteiger partial charge in [0, 0.05) is 26.4 Å². The van der Waals surface area contributed by atoms with Crippen molar-refractivity contribution in [2.45, 2.75) is 38.6 Å². The highest BCUT2D eigenvalue weighted by Gasteiger charge is 2.33. The summed E-state index contributed by atoms with van der Waals surface area (Å²) < 4.78 is 0. The number of likely N-dealkylation sites (tertiary alicyclic amines) is 1. The summed E-state index contributed by atoms with van der Waals surface area (Å²) in [4.78, 5) is 26.2. The van der Waals surface area contributed by atoms with Gasteiger partial charge in [-0.1, -0.05) is 29.8 Å². The van der Waals surface area contributed by atoms with E-state index in [1.165, 1.54) is 16.1 Å². The first kappa shape index (κ1) is 14.8. The Bertz CT molecular complexity index is 621. The number of aryl methyl sites for hydroxylation is 1. The quantitative estimate of drug-likeness (QED) is 0.841. The van der Waals surface area contributed by atoms with E-state index < -0.39 is 0 Å². The highest BCUT2D eigenvalue weighted by molar-refractivity contribution is 6.39. The van der Waals surface area contributed by atoms with Crippen molar-refractivity contribution in [3.8, 4) is 0 Å². The van der Waals surface area contributed by atoms with Gasteiger partial charge in [0.1, 0.15) is 5.71 Å². The third kappa shape index (κ3) is 2.75. The van der Waals surface area contributed by atoms with Crippen LogP contribution < -0.4 is 0 Å². The van der Waals surface area contributed by atoms with Crippen molar-refractivity contribution in [2.24, 2.45) is 5.10 Å². The zero-order chi connectivity index (χ0) is 15.7. The lowest BCUT2D eigenvalue weighted by Crippen LogP contribution is -2.40. The van der Waals surface area contributed by atoms with Crippen molar-refractivity contribution in [1.29, 1.82) is 0 Å². The molecule has 2 heterocycles. The number of carbonyl (C=O) groups excluding carboxylic acids is 2. The monoisotopic (exact) mass is 299 g/mol. The molecule has 0 spiro atoms. The third-order valence-corrected chi connectivity index (χ3v) is 4.43. The fourth-order valence-corrected chi connectivity index (χ4v) is 3.13. The van der Waals surface area contributed by atoms with Gasteiger partial charge in [0.2, 0.25) is 5.91 Å². The van der Waals surface area contributed by atoms with Gasteiger partial charge in [-0.15, -0.1) is 0 Å². The molecule has 1 saturated heterocycles. The van der Waals surface area contributed by atoms with Crippen LogP contribution in [0, 0.1) is 6.92 Å². The molecule has 1 aromatic rings. The van der Waals surface area contributed by atoms with E-state index in [1.54, 1.807) is 7.05 Å². The predicted molar refractivity (Wildman–Crippen MR) is 84.3 cm³/mol. The maximum Gasteiger partial charge on any atom is 0.270 e. The molecule has 22 heavy (non-hydrogen) atoms. The van der Waals surface area contributed by atoms with E-state index in [2.05, 4.69) is 36.3 Å².